The third kappa shape index (κ3) is 3.14. The number of rotatable bonds is 3. The summed E-state index contributed by atoms with van der Waals surface area (Å²) in [5.74, 6) is -0.374. The molecule has 2 nitrogen and oxygen atoms in total. The van der Waals surface area contributed by atoms with Gasteiger partial charge in [0.1, 0.15) is 5.82 Å². The van der Waals surface area contributed by atoms with Gasteiger partial charge in [0.25, 0.3) is 0 Å². The summed E-state index contributed by atoms with van der Waals surface area (Å²) < 4.78 is 12.9. The summed E-state index contributed by atoms with van der Waals surface area (Å²) in [5.41, 5.74) is 1.39. The van der Waals surface area contributed by atoms with Crippen LogP contribution in [0.2, 0.25) is 0 Å². The molecule has 1 aromatic heterocycles. The van der Waals surface area contributed by atoms with E-state index in [1.807, 2.05) is 17.5 Å². The first-order valence-corrected chi connectivity index (χ1v) is 6.11. The van der Waals surface area contributed by atoms with Crippen LogP contribution in [0.3, 0.4) is 0 Å². The Labute approximate surface area is 103 Å². The number of carbonyl (C=O) groups is 1. The fourth-order valence-electron chi connectivity index (χ4n) is 1.53. The molecule has 0 radical (unpaired) electrons. The van der Waals surface area contributed by atoms with Crippen molar-refractivity contribution in [2.75, 3.05) is 5.32 Å². The molecule has 17 heavy (non-hydrogen) atoms. The molecule has 0 bridgehead atoms. The molecule has 0 fully saturated rings. The minimum atomic E-state index is -0.293. The van der Waals surface area contributed by atoms with Crippen LogP contribution in [0.5, 0.6) is 0 Å². The summed E-state index contributed by atoms with van der Waals surface area (Å²) in [4.78, 5) is 12.7. The zero-order valence-corrected chi connectivity index (χ0v) is 10.2. The maximum atomic E-state index is 12.9. The summed E-state index contributed by atoms with van der Waals surface area (Å²) >= 11 is 1.55. The standard InChI is InChI=1S/C13H12FNOS/c1-9-7-10(14)4-5-12(9)15-13(16)8-11-3-2-6-17-11/h2-7H,8H2,1H3,(H,15,16). The molecule has 1 N–H and O–H groups in total. The van der Waals surface area contributed by atoms with E-state index < -0.39 is 0 Å². The van der Waals surface area contributed by atoms with Crippen LogP contribution in [-0.4, -0.2) is 5.91 Å². The SMILES string of the molecule is Cc1cc(F)ccc1NC(=O)Cc1cccs1. The van der Waals surface area contributed by atoms with Crippen molar-refractivity contribution in [3.05, 3.63) is 52.0 Å². The van der Waals surface area contributed by atoms with Crippen molar-refractivity contribution in [2.24, 2.45) is 0 Å². The normalized spacial score (nSPS) is 10.2. The fraction of sp³-hybridized carbons (Fsp3) is 0.154. The van der Waals surface area contributed by atoms with Gasteiger partial charge in [-0.3, -0.25) is 4.79 Å². The summed E-state index contributed by atoms with van der Waals surface area (Å²) in [6, 6.07) is 8.16. The Hall–Kier alpha value is -1.68. The van der Waals surface area contributed by atoms with E-state index in [0.29, 0.717) is 12.1 Å². The molecule has 0 unspecified atom stereocenters. The van der Waals surface area contributed by atoms with Crippen LogP contribution >= 0.6 is 11.3 Å². The smallest absolute Gasteiger partial charge is 0.229 e. The molecule has 0 aliphatic carbocycles. The molecule has 2 rings (SSSR count). The number of benzene rings is 1. The van der Waals surface area contributed by atoms with Gasteiger partial charge in [-0.2, -0.15) is 0 Å². The van der Waals surface area contributed by atoms with Crippen molar-refractivity contribution >= 4 is 22.9 Å². The molecule has 0 saturated heterocycles. The number of hydrogen-bond donors (Lipinski definition) is 1. The van der Waals surface area contributed by atoms with E-state index in [0.717, 1.165) is 10.4 Å². The topological polar surface area (TPSA) is 29.1 Å². The van der Waals surface area contributed by atoms with Crippen LogP contribution in [0.4, 0.5) is 10.1 Å². The number of aryl methyl sites for hydroxylation is 1. The molecule has 4 heteroatoms. The summed E-state index contributed by atoms with van der Waals surface area (Å²) in [7, 11) is 0. The van der Waals surface area contributed by atoms with E-state index >= 15 is 0 Å². The second-order valence-corrected chi connectivity index (χ2v) is 4.80. The highest BCUT2D eigenvalue weighted by Crippen LogP contribution is 2.16. The Morgan fingerprint density at radius 2 is 2.24 bits per heavy atom. The van der Waals surface area contributed by atoms with Gasteiger partial charge in [-0.05, 0) is 42.1 Å². The van der Waals surface area contributed by atoms with Crippen molar-refractivity contribution in [1.29, 1.82) is 0 Å². The minimum absolute atomic E-state index is 0.0813. The van der Waals surface area contributed by atoms with E-state index in [9.17, 15) is 9.18 Å². The van der Waals surface area contributed by atoms with Crippen LogP contribution in [0, 0.1) is 12.7 Å². The lowest BCUT2D eigenvalue weighted by atomic mass is 10.2. The van der Waals surface area contributed by atoms with Gasteiger partial charge in [-0.15, -0.1) is 11.3 Å². The van der Waals surface area contributed by atoms with Gasteiger partial charge in [0.05, 0.1) is 6.42 Å². The van der Waals surface area contributed by atoms with Gasteiger partial charge in [0.2, 0.25) is 5.91 Å². The second-order valence-electron chi connectivity index (χ2n) is 3.76. The molecule has 0 aliphatic heterocycles. The molecule has 1 amide bonds. The zero-order chi connectivity index (χ0) is 12.3. The van der Waals surface area contributed by atoms with E-state index in [1.165, 1.54) is 12.1 Å². The number of amides is 1. The van der Waals surface area contributed by atoms with Crippen molar-refractivity contribution in [2.45, 2.75) is 13.3 Å². The Morgan fingerprint density at radius 3 is 2.88 bits per heavy atom. The van der Waals surface area contributed by atoms with Gasteiger partial charge in [-0.1, -0.05) is 6.07 Å². The molecule has 0 aliphatic rings. The lowest BCUT2D eigenvalue weighted by Gasteiger charge is -2.07. The van der Waals surface area contributed by atoms with Gasteiger partial charge >= 0.3 is 0 Å². The Bertz CT molecular complexity index is 522. The predicted octanol–water partition coefficient (Wildman–Crippen LogP) is 3.38. The first-order valence-electron chi connectivity index (χ1n) is 5.23. The lowest BCUT2D eigenvalue weighted by molar-refractivity contribution is -0.115. The monoisotopic (exact) mass is 249 g/mol. The number of anilines is 1. The molecule has 2 aromatic rings. The Kier molecular flexibility index (Phi) is 3.54. The summed E-state index contributed by atoms with van der Waals surface area (Å²) in [5, 5.41) is 4.71. The highest BCUT2D eigenvalue weighted by molar-refractivity contribution is 7.10. The van der Waals surface area contributed by atoms with Crippen LogP contribution in [0.15, 0.2) is 35.7 Å². The lowest BCUT2D eigenvalue weighted by Crippen LogP contribution is -2.14. The van der Waals surface area contributed by atoms with Crippen molar-refractivity contribution in [1.82, 2.24) is 0 Å². The average molecular weight is 249 g/mol. The van der Waals surface area contributed by atoms with Gasteiger partial charge in [0.15, 0.2) is 0 Å². The molecule has 0 atom stereocenters. The van der Waals surface area contributed by atoms with Gasteiger partial charge in [0, 0.05) is 10.6 Å². The third-order valence-electron chi connectivity index (χ3n) is 2.38. The van der Waals surface area contributed by atoms with Crippen LogP contribution in [0.25, 0.3) is 0 Å². The molecule has 88 valence electrons. The zero-order valence-electron chi connectivity index (χ0n) is 9.37. The highest BCUT2D eigenvalue weighted by atomic mass is 32.1. The predicted molar refractivity (Wildman–Crippen MR) is 67.8 cm³/mol. The molecular weight excluding hydrogens is 237 g/mol. The number of thiophene rings is 1. The number of halogens is 1. The van der Waals surface area contributed by atoms with E-state index in [-0.39, 0.29) is 11.7 Å². The van der Waals surface area contributed by atoms with Crippen molar-refractivity contribution in [3.8, 4) is 0 Å². The largest absolute Gasteiger partial charge is 0.326 e. The van der Waals surface area contributed by atoms with Crippen LogP contribution in [-0.2, 0) is 11.2 Å². The van der Waals surface area contributed by atoms with Crippen molar-refractivity contribution in [3.63, 3.8) is 0 Å². The highest BCUT2D eigenvalue weighted by Gasteiger charge is 2.07. The average Bonchev–Trinajstić information content (AvgIpc) is 2.75. The molecule has 1 heterocycles. The number of nitrogens with one attached hydrogen (secondary N) is 1. The second kappa shape index (κ2) is 5.10. The fourth-order valence-corrected chi connectivity index (χ4v) is 2.24. The van der Waals surface area contributed by atoms with Gasteiger partial charge < -0.3 is 5.32 Å². The summed E-state index contributed by atoms with van der Waals surface area (Å²) in [6.07, 6.45) is 0.356. The van der Waals surface area contributed by atoms with E-state index in [2.05, 4.69) is 5.32 Å². The quantitative estimate of drug-likeness (QED) is 0.887. The van der Waals surface area contributed by atoms with Crippen LogP contribution in [0.1, 0.15) is 10.4 Å². The minimum Gasteiger partial charge on any atom is -0.326 e. The molecule has 0 spiro atoms. The number of hydrogen-bond acceptors (Lipinski definition) is 2. The molecule has 1 aromatic carbocycles. The molecular formula is C13H12FNOS. The summed E-state index contributed by atoms with van der Waals surface area (Å²) in [6.45, 7) is 1.77. The number of carbonyl (C=O) groups excluding carboxylic acids is 1. The first kappa shape index (κ1) is 11.8. The van der Waals surface area contributed by atoms with Gasteiger partial charge in [-0.25, -0.2) is 4.39 Å². The van der Waals surface area contributed by atoms with Crippen LogP contribution < -0.4 is 5.32 Å². The Morgan fingerprint density at radius 1 is 1.41 bits per heavy atom. The molecule has 0 saturated carbocycles. The van der Waals surface area contributed by atoms with E-state index in [4.69, 9.17) is 0 Å². The van der Waals surface area contributed by atoms with Crippen molar-refractivity contribution < 1.29 is 9.18 Å². The Balaban J connectivity index is 2.03. The first-order chi connectivity index (χ1) is 8.15. The maximum absolute atomic E-state index is 12.9. The van der Waals surface area contributed by atoms with E-state index in [1.54, 1.807) is 24.3 Å². The third-order valence-corrected chi connectivity index (χ3v) is 3.25. The maximum Gasteiger partial charge on any atom is 0.229 e.